The molecule has 0 aliphatic carbocycles. The molecule has 2 aromatic rings. The molecule has 24 heavy (non-hydrogen) atoms. The number of ether oxygens (including phenoxy) is 2. The lowest BCUT2D eigenvalue weighted by molar-refractivity contribution is 0.112. The quantitative estimate of drug-likeness (QED) is 0.729. The summed E-state index contributed by atoms with van der Waals surface area (Å²) < 4.78 is 11.5. The van der Waals surface area contributed by atoms with Crippen molar-refractivity contribution >= 4 is 6.29 Å². The highest BCUT2D eigenvalue weighted by Gasteiger charge is 2.20. The van der Waals surface area contributed by atoms with Gasteiger partial charge in [-0.25, -0.2) is 9.97 Å². The predicted molar refractivity (Wildman–Crippen MR) is 89.7 cm³/mol. The van der Waals surface area contributed by atoms with E-state index in [9.17, 15) is 4.79 Å². The summed E-state index contributed by atoms with van der Waals surface area (Å²) in [6.07, 6.45) is 7.36. The molecule has 1 saturated heterocycles. The number of hydrogen-bond donors (Lipinski definition) is 0. The third-order valence-electron chi connectivity index (χ3n) is 4.23. The van der Waals surface area contributed by atoms with E-state index in [1.165, 1.54) is 12.8 Å². The van der Waals surface area contributed by atoms with Crippen LogP contribution in [-0.2, 0) is 0 Å². The minimum absolute atomic E-state index is 0.330. The summed E-state index contributed by atoms with van der Waals surface area (Å²) in [7, 11) is 2.15. The summed E-state index contributed by atoms with van der Waals surface area (Å²) in [5.41, 5.74) is 0.596. The summed E-state index contributed by atoms with van der Waals surface area (Å²) in [5.74, 6) is 1.30. The SMILES string of the molecule is CN1CCCC1CCOc1nccnc1Oc1ccc(C=O)cc1. The van der Waals surface area contributed by atoms with Gasteiger partial charge in [-0.2, -0.15) is 0 Å². The van der Waals surface area contributed by atoms with Crippen molar-refractivity contribution in [2.75, 3.05) is 20.2 Å². The first-order valence-corrected chi connectivity index (χ1v) is 8.13. The highest BCUT2D eigenvalue weighted by molar-refractivity contribution is 5.74. The summed E-state index contributed by atoms with van der Waals surface area (Å²) in [6, 6.07) is 7.39. The van der Waals surface area contributed by atoms with Gasteiger partial charge in [0.1, 0.15) is 12.0 Å². The molecule has 6 heteroatoms. The standard InChI is InChI=1S/C18H21N3O3/c1-21-11-2-3-15(21)8-12-23-17-18(20-10-9-19-17)24-16-6-4-14(13-22)5-7-16/h4-7,9-10,13,15H,2-3,8,11-12H2,1H3. The molecule has 2 heterocycles. The van der Waals surface area contributed by atoms with Gasteiger partial charge < -0.3 is 14.4 Å². The van der Waals surface area contributed by atoms with Crippen LogP contribution in [0.15, 0.2) is 36.7 Å². The lowest BCUT2D eigenvalue weighted by atomic mass is 10.1. The first-order chi connectivity index (χ1) is 11.8. The van der Waals surface area contributed by atoms with Crippen LogP contribution in [0.25, 0.3) is 0 Å². The minimum Gasteiger partial charge on any atom is -0.474 e. The molecule has 0 radical (unpaired) electrons. The van der Waals surface area contributed by atoms with Crippen LogP contribution in [0.1, 0.15) is 29.6 Å². The Hall–Kier alpha value is -2.47. The van der Waals surface area contributed by atoms with Crippen LogP contribution < -0.4 is 9.47 Å². The van der Waals surface area contributed by atoms with E-state index in [4.69, 9.17) is 9.47 Å². The third-order valence-corrected chi connectivity index (χ3v) is 4.23. The highest BCUT2D eigenvalue weighted by Crippen LogP contribution is 2.27. The van der Waals surface area contributed by atoms with Crippen molar-refractivity contribution in [2.24, 2.45) is 0 Å². The van der Waals surface area contributed by atoms with Gasteiger partial charge >= 0.3 is 0 Å². The number of aromatic nitrogens is 2. The second-order valence-corrected chi connectivity index (χ2v) is 5.87. The number of benzene rings is 1. The maximum Gasteiger partial charge on any atom is 0.283 e. The molecule has 1 unspecified atom stereocenters. The zero-order valence-corrected chi connectivity index (χ0v) is 13.7. The van der Waals surface area contributed by atoms with Crippen molar-refractivity contribution in [1.29, 1.82) is 0 Å². The normalized spacial score (nSPS) is 17.6. The molecule has 0 bridgehead atoms. The van der Waals surface area contributed by atoms with Crippen LogP contribution in [0.3, 0.4) is 0 Å². The van der Waals surface area contributed by atoms with Gasteiger partial charge in [0, 0.05) is 24.0 Å². The fourth-order valence-corrected chi connectivity index (χ4v) is 2.84. The van der Waals surface area contributed by atoms with Gasteiger partial charge in [0.05, 0.1) is 6.61 Å². The fourth-order valence-electron chi connectivity index (χ4n) is 2.84. The van der Waals surface area contributed by atoms with Gasteiger partial charge in [0.25, 0.3) is 11.8 Å². The minimum atomic E-state index is 0.330. The average molecular weight is 327 g/mol. The molecule has 1 aromatic carbocycles. The molecule has 126 valence electrons. The number of likely N-dealkylation sites (tertiary alicyclic amines) is 1. The molecular weight excluding hydrogens is 306 g/mol. The average Bonchev–Trinajstić information content (AvgIpc) is 3.02. The van der Waals surface area contributed by atoms with Crippen LogP contribution in [0.5, 0.6) is 17.5 Å². The Kier molecular flexibility index (Phi) is 5.38. The highest BCUT2D eigenvalue weighted by atomic mass is 16.5. The van der Waals surface area contributed by atoms with Gasteiger partial charge in [0.2, 0.25) is 0 Å². The summed E-state index contributed by atoms with van der Waals surface area (Å²) in [4.78, 5) is 21.5. The van der Waals surface area contributed by atoms with Crippen LogP contribution in [-0.4, -0.2) is 47.4 Å². The molecule has 1 aliphatic rings. The third kappa shape index (κ3) is 4.08. The Morgan fingerprint density at radius 1 is 1.21 bits per heavy atom. The van der Waals surface area contributed by atoms with E-state index in [0.717, 1.165) is 19.3 Å². The molecule has 0 amide bonds. The van der Waals surface area contributed by atoms with E-state index in [2.05, 4.69) is 21.9 Å². The number of rotatable bonds is 7. The number of hydrogen-bond acceptors (Lipinski definition) is 6. The van der Waals surface area contributed by atoms with Gasteiger partial charge in [-0.05, 0) is 57.1 Å². The lowest BCUT2D eigenvalue weighted by Gasteiger charge is -2.19. The van der Waals surface area contributed by atoms with Crippen molar-refractivity contribution in [2.45, 2.75) is 25.3 Å². The van der Waals surface area contributed by atoms with Crippen molar-refractivity contribution in [3.8, 4) is 17.5 Å². The monoisotopic (exact) mass is 327 g/mol. The molecule has 1 atom stereocenters. The maximum absolute atomic E-state index is 10.7. The first kappa shape index (κ1) is 16.4. The molecule has 1 fully saturated rings. The molecule has 0 N–H and O–H groups in total. The Morgan fingerprint density at radius 2 is 1.96 bits per heavy atom. The zero-order valence-electron chi connectivity index (χ0n) is 13.7. The Balaban J connectivity index is 1.60. The van der Waals surface area contributed by atoms with Crippen LogP contribution >= 0.6 is 0 Å². The topological polar surface area (TPSA) is 64.6 Å². The van der Waals surface area contributed by atoms with E-state index in [1.54, 1.807) is 36.7 Å². The summed E-state index contributed by atoms with van der Waals surface area (Å²) in [5, 5.41) is 0. The molecule has 1 aromatic heterocycles. The van der Waals surface area contributed by atoms with Gasteiger partial charge in [-0.15, -0.1) is 0 Å². The number of carbonyl (C=O) groups is 1. The Morgan fingerprint density at radius 3 is 2.62 bits per heavy atom. The number of aldehydes is 1. The maximum atomic E-state index is 10.7. The van der Waals surface area contributed by atoms with Crippen LogP contribution in [0, 0.1) is 0 Å². The first-order valence-electron chi connectivity index (χ1n) is 8.13. The Labute approximate surface area is 141 Å². The van der Waals surface area contributed by atoms with Crippen molar-refractivity contribution in [1.82, 2.24) is 14.9 Å². The molecule has 0 spiro atoms. The largest absolute Gasteiger partial charge is 0.474 e. The summed E-state index contributed by atoms with van der Waals surface area (Å²) in [6.45, 7) is 1.73. The lowest BCUT2D eigenvalue weighted by Crippen LogP contribution is -2.26. The second kappa shape index (κ2) is 7.88. The molecule has 0 saturated carbocycles. The van der Waals surface area contributed by atoms with E-state index >= 15 is 0 Å². The van der Waals surface area contributed by atoms with Crippen molar-refractivity contribution < 1.29 is 14.3 Å². The molecule has 3 rings (SSSR count). The van der Waals surface area contributed by atoms with Gasteiger partial charge in [-0.1, -0.05) is 0 Å². The van der Waals surface area contributed by atoms with Crippen LogP contribution in [0.4, 0.5) is 0 Å². The number of nitrogens with zero attached hydrogens (tertiary/aromatic N) is 3. The molecule has 1 aliphatic heterocycles. The van der Waals surface area contributed by atoms with E-state index in [-0.39, 0.29) is 0 Å². The van der Waals surface area contributed by atoms with Crippen molar-refractivity contribution in [3.63, 3.8) is 0 Å². The second-order valence-electron chi connectivity index (χ2n) is 5.87. The van der Waals surface area contributed by atoms with Gasteiger partial charge in [-0.3, -0.25) is 4.79 Å². The predicted octanol–water partition coefficient (Wildman–Crippen LogP) is 2.94. The Bertz CT molecular complexity index is 675. The van der Waals surface area contributed by atoms with E-state index in [1.807, 2.05) is 0 Å². The zero-order chi connectivity index (χ0) is 16.8. The smallest absolute Gasteiger partial charge is 0.283 e. The van der Waals surface area contributed by atoms with E-state index < -0.39 is 0 Å². The fraction of sp³-hybridized carbons (Fsp3) is 0.389. The molecular formula is C18H21N3O3. The van der Waals surface area contributed by atoms with Gasteiger partial charge in [0.15, 0.2) is 0 Å². The van der Waals surface area contributed by atoms with Crippen LogP contribution in [0.2, 0.25) is 0 Å². The molecule has 6 nitrogen and oxygen atoms in total. The van der Waals surface area contributed by atoms with Crippen molar-refractivity contribution in [3.05, 3.63) is 42.2 Å². The summed E-state index contributed by atoms with van der Waals surface area (Å²) >= 11 is 0. The number of carbonyl (C=O) groups excluding carboxylic acids is 1. The van der Waals surface area contributed by atoms with E-state index in [0.29, 0.717) is 35.7 Å².